The second kappa shape index (κ2) is 5.33. The topological polar surface area (TPSA) is 35.5 Å². The van der Waals surface area contributed by atoms with Gasteiger partial charge in [-0.3, -0.25) is 0 Å². The van der Waals surface area contributed by atoms with Gasteiger partial charge in [0.25, 0.3) is 0 Å². The molecule has 0 atom stereocenters. The molecule has 0 amide bonds. The van der Waals surface area contributed by atoms with E-state index in [2.05, 4.69) is 10.7 Å². The molecule has 0 aromatic carbocycles. The van der Waals surface area contributed by atoms with Crippen LogP contribution in [0, 0.1) is 12.3 Å². The maximum Gasteiger partial charge on any atom is 0.514 e. The lowest BCUT2D eigenvalue weighted by Gasteiger charge is -2.16. The number of carbonyl (C=O) groups is 1. The molecule has 14 heavy (non-hydrogen) atoms. The van der Waals surface area contributed by atoms with Crippen LogP contribution in [0.4, 0.5) is 4.79 Å². The summed E-state index contributed by atoms with van der Waals surface area (Å²) < 4.78 is 9.64. The van der Waals surface area contributed by atoms with Gasteiger partial charge in [0, 0.05) is 6.42 Å². The fraction of sp³-hybridized carbons (Fsp3) is 0.545. The minimum absolute atomic E-state index is 0.0365. The van der Waals surface area contributed by atoms with Crippen molar-refractivity contribution in [3.05, 3.63) is 11.3 Å². The van der Waals surface area contributed by atoms with Crippen LogP contribution < -0.4 is 0 Å². The van der Waals surface area contributed by atoms with E-state index >= 15 is 0 Å². The first-order chi connectivity index (χ1) is 6.74. The van der Waals surface area contributed by atoms with Crippen LogP contribution in [0.3, 0.4) is 0 Å². The van der Waals surface area contributed by atoms with E-state index in [0.29, 0.717) is 0 Å². The predicted octanol–water partition coefficient (Wildman–Crippen LogP) is 2.62. The van der Waals surface area contributed by atoms with Crippen LogP contribution in [0.2, 0.25) is 0 Å². The van der Waals surface area contributed by atoms with Gasteiger partial charge in [-0.1, -0.05) is 5.92 Å². The smallest absolute Gasteiger partial charge is 0.421 e. The van der Waals surface area contributed by atoms with E-state index in [1.54, 1.807) is 0 Å². The van der Waals surface area contributed by atoms with Crippen LogP contribution in [-0.4, -0.2) is 12.8 Å². The summed E-state index contributed by atoms with van der Waals surface area (Å²) in [5.74, 6) is 2.96. The van der Waals surface area contributed by atoms with Crippen molar-refractivity contribution in [2.75, 3.05) is 6.61 Å². The lowest BCUT2D eigenvalue weighted by molar-refractivity contribution is 0.0834. The van der Waals surface area contributed by atoms with Crippen molar-refractivity contribution in [3.8, 4) is 12.3 Å². The Hall–Kier alpha value is -1.43. The fourth-order valence-electron chi connectivity index (χ4n) is 1.40. The Morgan fingerprint density at radius 1 is 1.50 bits per heavy atom. The molecular weight excluding hydrogens is 180 g/mol. The van der Waals surface area contributed by atoms with Gasteiger partial charge in [-0.05, 0) is 31.8 Å². The summed E-state index contributed by atoms with van der Waals surface area (Å²) in [4.78, 5) is 11.0. The molecule has 0 unspecified atom stereocenters. The highest BCUT2D eigenvalue weighted by molar-refractivity contribution is 5.61. The van der Waals surface area contributed by atoms with Crippen molar-refractivity contribution in [1.29, 1.82) is 0 Å². The average molecular weight is 194 g/mol. The highest BCUT2D eigenvalue weighted by Crippen LogP contribution is 2.25. The zero-order valence-corrected chi connectivity index (χ0v) is 8.34. The molecule has 0 heterocycles. The lowest BCUT2D eigenvalue weighted by atomic mass is 9.99. The van der Waals surface area contributed by atoms with Crippen molar-refractivity contribution < 1.29 is 14.3 Å². The van der Waals surface area contributed by atoms with Gasteiger partial charge in [0.2, 0.25) is 0 Å². The van der Waals surface area contributed by atoms with E-state index in [-0.39, 0.29) is 6.61 Å². The Morgan fingerprint density at radius 3 is 2.86 bits per heavy atom. The van der Waals surface area contributed by atoms with Gasteiger partial charge in [0.1, 0.15) is 5.76 Å². The molecule has 3 nitrogen and oxygen atoms in total. The van der Waals surface area contributed by atoms with Gasteiger partial charge in [0.05, 0.1) is 0 Å². The highest BCUT2D eigenvalue weighted by atomic mass is 16.7. The van der Waals surface area contributed by atoms with Crippen molar-refractivity contribution in [3.63, 3.8) is 0 Å². The average Bonchev–Trinajstić information content (AvgIpc) is 2.18. The minimum atomic E-state index is -0.695. The van der Waals surface area contributed by atoms with Gasteiger partial charge < -0.3 is 9.47 Å². The van der Waals surface area contributed by atoms with E-state index in [0.717, 1.165) is 37.0 Å². The Morgan fingerprint density at radius 2 is 2.21 bits per heavy atom. The Bertz CT molecular complexity index is 283. The van der Waals surface area contributed by atoms with E-state index in [4.69, 9.17) is 11.2 Å². The largest absolute Gasteiger partial charge is 0.514 e. The van der Waals surface area contributed by atoms with Gasteiger partial charge in [0.15, 0.2) is 6.61 Å². The summed E-state index contributed by atoms with van der Waals surface area (Å²) in [5, 5.41) is 0. The molecular formula is C11H14O3. The number of hydrogen-bond acceptors (Lipinski definition) is 3. The van der Waals surface area contributed by atoms with Crippen LogP contribution in [0.5, 0.6) is 0 Å². The maximum atomic E-state index is 11.0. The van der Waals surface area contributed by atoms with E-state index in [1.165, 1.54) is 0 Å². The van der Waals surface area contributed by atoms with Gasteiger partial charge in [-0.2, -0.15) is 0 Å². The van der Waals surface area contributed by atoms with Crippen molar-refractivity contribution in [1.82, 2.24) is 0 Å². The third-order valence-electron chi connectivity index (χ3n) is 2.16. The highest BCUT2D eigenvalue weighted by Gasteiger charge is 2.14. The fourth-order valence-corrected chi connectivity index (χ4v) is 1.40. The normalized spacial score (nSPS) is 16.0. The molecule has 0 radical (unpaired) electrons. The van der Waals surface area contributed by atoms with Crippen molar-refractivity contribution >= 4 is 6.16 Å². The molecule has 1 rings (SSSR count). The van der Waals surface area contributed by atoms with E-state index in [1.807, 2.05) is 6.92 Å². The first-order valence-electron chi connectivity index (χ1n) is 4.70. The quantitative estimate of drug-likeness (QED) is 0.500. The van der Waals surface area contributed by atoms with E-state index < -0.39 is 6.16 Å². The molecule has 1 aliphatic rings. The number of ether oxygens (including phenoxy) is 2. The van der Waals surface area contributed by atoms with Gasteiger partial charge in [-0.15, -0.1) is 6.42 Å². The third kappa shape index (κ3) is 3.14. The number of terminal acetylenes is 1. The van der Waals surface area contributed by atoms with E-state index in [9.17, 15) is 4.79 Å². The third-order valence-corrected chi connectivity index (χ3v) is 2.16. The second-order valence-electron chi connectivity index (χ2n) is 3.26. The monoisotopic (exact) mass is 194 g/mol. The standard InChI is InChI=1S/C11H14O3/c1-3-8-13-11(12)14-10-7-5-4-6-9(10)2/h1H,4-8H2,2H3. The van der Waals surface area contributed by atoms with Crippen LogP contribution >= 0.6 is 0 Å². The summed E-state index contributed by atoms with van der Waals surface area (Å²) in [7, 11) is 0. The molecule has 0 aliphatic heterocycles. The van der Waals surface area contributed by atoms with Crippen LogP contribution in [0.15, 0.2) is 11.3 Å². The summed E-state index contributed by atoms with van der Waals surface area (Å²) in [6, 6.07) is 0. The summed E-state index contributed by atoms with van der Waals surface area (Å²) in [5.41, 5.74) is 1.13. The Labute approximate surface area is 84.1 Å². The molecule has 0 aromatic rings. The molecule has 76 valence electrons. The van der Waals surface area contributed by atoms with Crippen molar-refractivity contribution in [2.24, 2.45) is 0 Å². The first kappa shape index (κ1) is 10.6. The zero-order valence-electron chi connectivity index (χ0n) is 8.34. The summed E-state index contributed by atoms with van der Waals surface area (Å²) >= 11 is 0. The van der Waals surface area contributed by atoms with Crippen molar-refractivity contribution in [2.45, 2.75) is 32.6 Å². The molecule has 0 bridgehead atoms. The van der Waals surface area contributed by atoms with Crippen LogP contribution in [0.25, 0.3) is 0 Å². The SMILES string of the molecule is C#CCOC(=O)OC1=C(C)CCCC1. The van der Waals surface area contributed by atoms with Crippen LogP contribution in [-0.2, 0) is 9.47 Å². The molecule has 0 aromatic heterocycles. The molecule has 0 saturated heterocycles. The minimum Gasteiger partial charge on any atom is -0.421 e. The maximum absolute atomic E-state index is 11.0. The molecule has 1 aliphatic carbocycles. The molecule has 0 spiro atoms. The Balaban J connectivity index is 2.43. The molecule has 3 heteroatoms. The Kier molecular flexibility index (Phi) is 4.06. The number of carbonyl (C=O) groups excluding carboxylic acids is 1. The predicted molar refractivity (Wildman–Crippen MR) is 52.4 cm³/mol. The molecule has 0 saturated carbocycles. The second-order valence-corrected chi connectivity index (χ2v) is 3.26. The molecule has 0 fully saturated rings. The number of rotatable bonds is 2. The number of allylic oxidation sites excluding steroid dienone is 2. The lowest BCUT2D eigenvalue weighted by Crippen LogP contribution is -2.10. The first-order valence-corrected chi connectivity index (χ1v) is 4.70. The number of hydrogen-bond donors (Lipinski definition) is 0. The van der Waals surface area contributed by atoms with Gasteiger partial charge in [-0.25, -0.2) is 4.79 Å². The van der Waals surface area contributed by atoms with Crippen LogP contribution in [0.1, 0.15) is 32.6 Å². The summed E-state index contributed by atoms with van der Waals surface area (Å²) in [6.07, 6.45) is 8.29. The zero-order chi connectivity index (χ0) is 10.4. The molecule has 0 N–H and O–H groups in total. The summed E-state index contributed by atoms with van der Waals surface area (Å²) in [6.45, 7) is 1.94. The van der Waals surface area contributed by atoms with Gasteiger partial charge >= 0.3 is 6.16 Å².